The molecule has 1 saturated carbocycles. The summed E-state index contributed by atoms with van der Waals surface area (Å²) in [6, 6.07) is 10.7. The van der Waals surface area contributed by atoms with Crippen LogP contribution in [0.5, 0.6) is 0 Å². The van der Waals surface area contributed by atoms with Crippen molar-refractivity contribution in [1.82, 2.24) is 19.7 Å². The van der Waals surface area contributed by atoms with Crippen molar-refractivity contribution in [2.24, 2.45) is 0 Å². The lowest BCUT2D eigenvalue weighted by Gasteiger charge is -2.17. The Kier molecular flexibility index (Phi) is 4.25. The van der Waals surface area contributed by atoms with E-state index in [9.17, 15) is 9.59 Å². The smallest absolute Gasteiger partial charge is 0.303 e. The Labute approximate surface area is 172 Å². The van der Waals surface area contributed by atoms with Gasteiger partial charge in [-0.15, -0.1) is 0 Å². The highest BCUT2D eigenvalue weighted by Crippen LogP contribution is 2.40. The van der Waals surface area contributed by atoms with Gasteiger partial charge in [0.05, 0.1) is 17.3 Å². The standard InChI is InChI=1S/C21H17N7O2/c22-12-13-2-3-15-6-9-27(17(15)10-13)20(30)19(29)25-18-11-16(14-4-5-14)26-28(18)21-23-7-1-8-24-21/h1-3,7-8,10-11,14H,4-6,9H2,(H,25,29). The molecule has 1 aromatic carbocycles. The zero-order valence-corrected chi connectivity index (χ0v) is 15.9. The first-order chi connectivity index (χ1) is 14.6. The lowest BCUT2D eigenvalue weighted by Crippen LogP contribution is -2.39. The van der Waals surface area contributed by atoms with Gasteiger partial charge >= 0.3 is 11.8 Å². The van der Waals surface area contributed by atoms with Crippen molar-refractivity contribution in [2.45, 2.75) is 25.2 Å². The molecule has 3 heterocycles. The Morgan fingerprint density at radius 3 is 2.70 bits per heavy atom. The maximum atomic E-state index is 12.9. The average molecular weight is 399 g/mol. The predicted molar refractivity (Wildman–Crippen MR) is 107 cm³/mol. The van der Waals surface area contributed by atoms with E-state index >= 15 is 0 Å². The first-order valence-electron chi connectivity index (χ1n) is 9.67. The van der Waals surface area contributed by atoms with Crippen LogP contribution in [0.3, 0.4) is 0 Å². The minimum atomic E-state index is -0.773. The lowest BCUT2D eigenvalue weighted by atomic mass is 10.1. The molecule has 0 atom stereocenters. The van der Waals surface area contributed by atoms with Crippen molar-refractivity contribution in [2.75, 3.05) is 16.8 Å². The van der Waals surface area contributed by atoms with Crippen LogP contribution < -0.4 is 10.2 Å². The van der Waals surface area contributed by atoms with Crippen LogP contribution in [0.25, 0.3) is 5.95 Å². The molecule has 3 aromatic rings. The fourth-order valence-corrected chi connectivity index (χ4v) is 3.57. The number of amides is 2. The number of nitrogens with zero attached hydrogens (tertiary/aromatic N) is 6. The van der Waals surface area contributed by atoms with Crippen molar-refractivity contribution >= 4 is 23.3 Å². The number of nitriles is 1. The molecular weight excluding hydrogens is 382 g/mol. The summed E-state index contributed by atoms with van der Waals surface area (Å²) in [5, 5.41) is 16.3. The molecule has 1 N–H and O–H groups in total. The summed E-state index contributed by atoms with van der Waals surface area (Å²) in [5.41, 5.74) is 2.83. The molecule has 148 valence electrons. The Morgan fingerprint density at radius 1 is 1.17 bits per heavy atom. The highest BCUT2D eigenvalue weighted by molar-refractivity contribution is 6.44. The van der Waals surface area contributed by atoms with Crippen molar-refractivity contribution in [1.29, 1.82) is 5.26 Å². The van der Waals surface area contributed by atoms with E-state index in [-0.39, 0.29) is 0 Å². The second kappa shape index (κ2) is 7.08. The largest absolute Gasteiger partial charge is 0.316 e. The van der Waals surface area contributed by atoms with Gasteiger partial charge in [0.15, 0.2) is 0 Å². The van der Waals surface area contributed by atoms with E-state index in [2.05, 4.69) is 26.5 Å². The zero-order valence-electron chi connectivity index (χ0n) is 15.9. The molecule has 2 amide bonds. The Balaban J connectivity index is 1.41. The molecule has 1 fully saturated rings. The number of nitrogens with one attached hydrogen (secondary N) is 1. The maximum Gasteiger partial charge on any atom is 0.316 e. The summed E-state index contributed by atoms with van der Waals surface area (Å²) >= 11 is 0. The third kappa shape index (κ3) is 3.18. The van der Waals surface area contributed by atoms with Gasteiger partial charge in [-0.1, -0.05) is 6.07 Å². The number of aromatic nitrogens is 4. The average Bonchev–Trinajstić information content (AvgIpc) is 3.42. The summed E-state index contributed by atoms with van der Waals surface area (Å²) in [7, 11) is 0. The summed E-state index contributed by atoms with van der Waals surface area (Å²) in [6.45, 7) is 0.394. The summed E-state index contributed by atoms with van der Waals surface area (Å²) in [5.74, 6) is -0.427. The van der Waals surface area contributed by atoms with Gasteiger partial charge in [0.1, 0.15) is 5.82 Å². The third-order valence-corrected chi connectivity index (χ3v) is 5.26. The highest BCUT2D eigenvalue weighted by atomic mass is 16.2. The Bertz CT molecular complexity index is 1190. The molecule has 0 bridgehead atoms. The Hall–Kier alpha value is -4.06. The summed E-state index contributed by atoms with van der Waals surface area (Å²) < 4.78 is 1.45. The topological polar surface area (TPSA) is 117 Å². The molecule has 2 aliphatic rings. The number of carbonyl (C=O) groups is 2. The molecule has 0 saturated heterocycles. The molecule has 0 unspecified atom stereocenters. The minimum absolute atomic E-state index is 0.317. The second-order valence-electron chi connectivity index (χ2n) is 7.31. The third-order valence-electron chi connectivity index (χ3n) is 5.26. The molecule has 9 heteroatoms. The number of fused-ring (bicyclic) bond motifs is 1. The SMILES string of the molecule is N#Cc1ccc2c(c1)N(C(=O)C(=O)Nc1cc(C3CC3)nn1-c1ncccn1)CC2. The monoisotopic (exact) mass is 399 g/mol. The van der Waals surface area contributed by atoms with Crippen molar-refractivity contribution in [3.8, 4) is 12.0 Å². The van der Waals surface area contributed by atoms with Crippen LogP contribution in [0.2, 0.25) is 0 Å². The number of hydrogen-bond donors (Lipinski definition) is 1. The molecule has 1 aliphatic heterocycles. The van der Waals surface area contributed by atoms with Crippen LogP contribution in [0.1, 0.15) is 35.6 Å². The van der Waals surface area contributed by atoms with Gasteiger partial charge in [-0.05, 0) is 43.0 Å². The molecule has 9 nitrogen and oxygen atoms in total. The van der Waals surface area contributed by atoms with Crippen LogP contribution in [0, 0.1) is 11.3 Å². The minimum Gasteiger partial charge on any atom is -0.303 e. The van der Waals surface area contributed by atoms with Crippen molar-refractivity contribution < 1.29 is 9.59 Å². The van der Waals surface area contributed by atoms with Crippen molar-refractivity contribution in [3.63, 3.8) is 0 Å². The van der Waals surface area contributed by atoms with Crippen LogP contribution in [0.4, 0.5) is 11.5 Å². The molecule has 30 heavy (non-hydrogen) atoms. The van der Waals surface area contributed by atoms with Gasteiger partial charge < -0.3 is 10.2 Å². The molecular formula is C21H17N7O2. The van der Waals surface area contributed by atoms with E-state index in [4.69, 9.17) is 5.26 Å². The van der Waals surface area contributed by atoms with E-state index in [1.807, 2.05) is 6.07 Å². The molecule has 5 rings (SSSR count). The van der Waals surface area contributed by atoms with Gasteiger partial charge in [-0.2, -0.15) is 15.0 Å². The van der Waals surface area contributed by atoms with Gasteiger partial charge in [-0.3, -0.25) is 9.59 Å². The van der Waals surface area contributed by atoms with Gasteiger partial charge in [0.25, 0.3) is 5.95 Å². The van der Waals surface area contributed by atoms with E-state index < -0.39 is 11.8 Å². The number of hydrogen-bond acceptors (Lipinski definition) is 6. The van der Waals surface area contributed by atoms with Gasteiger partial charge in [-0.25, -0.2) is 9.97 Å². The van der Waals surface area contributed by atoms with Crippen LogP contribution in [-0.2, 0) is 16.0 Å². The van der Waals surface area contributed by atoms with Crippen LogP contribution >= 0.6 is 0 Å². The van der Waals surface area contributed by atoms with E-state index in [1.165, 1.54) is 9.58 Å². The number of anilines is 2. The first-order valence-corrected chi connectivity index (χ1v) is 9.67. The number of benzene rings is 1. The van der Waals surface area contributed by atoms with Crippen LogP contribution in [-0.4, -0.2) is 38.1 Å². The first kappa shape index (κ1) is 18.0. The quantitative estimate of drug-likeness (QED) is 0.673. The van der Waals surface area contributed by atoms with Crippen LogP contribution in [0.15, 0.2) is 42.7 Å². The summed E-state index contributed by atoms with van der Waals surface area (Å²) in [6.07, 6.45) is 5.91. The lowest BCUT2D eigenvalue weighted by molar-refractivity contribution is -0.134. The highest BCUT2D eigenvalue weighted by Gasteiger charge is 2.32. The predicted octanol–water partition coefficient (Wildman–Crippen LogP) is 1.94. The maximum absolute atomic E-state index is 12.9. The number of carbonyl (C=O) groups excluding carboxylic acids is 2. The Morgan fingerprint density at radius 2 is 1.97 bits per heavy atom. The molecule has 2 aromatic heterocycles. The van der Waals surface area contributed by atoms with E-state index in [1.54, 1.807) is 36.7 Å². The van der Waals surface area contributed by atoms with E-state index in [0.29, 0.717) is 41.9 Å². The van der Waals surface area contributed by atoms with E-state index in [0.717, 1.165) is 24.1 Å². The fourth-order valence-electron chi connectivity index (χ4n) is 3.57. The number of rotatable bonds is 3. The molecule has 1 aliphatic carbocycles. The summed E-state index contributed by atoms with van der Waals surface area (Å²) in [4.78, 5) is 35.5. The second-order valence-corrected chi connectivity index (χ2v) is 7.31. The van der Waals surface area contributed by atoms with Gasteiger partial charge in [0, 0.05) is 36.6 Å². The molecule has 0 radical (unpaired) electrons. The van der Waals surface area contributed by atoms with Crippen molar-refractivity contribution in [3.05, 3.63) is 59.5 Å². The zero-order chi connectivity index (χ0) is 20.7. The fraction of sp³-hybridized carbons (Fsp3) is 0.238. The normalized spacial score (nSPS) is 14.8. The molecule has 0 spiro atoms. The van der Waals surface area contributed by atoms with Gasteiger partial charge in [0.2, 0.25) is 0 Å².